The highest BCUT2D eigenvalue weighted by Gasteiger charge is 2.49. The van der Waals surface area contributed by atoms with E-state index in [9.17, 15) is 21.6 Å². The Hall–Kier alpha value is -1.51. The Morgan fingerprint density at radius 3 is 2.33 bits per heavy atom. The molecule has 1 aromatic heterocycles. The zero-order valence-electron chi connectivity index (χ0n) is 15.6. The SMILES string of the molecule is CCCCCCCCCCN1CCc2ccc(OS(=O)(=O)C(F)(F)F)nc21. The van der Waals surface area contributed by atoms with Crippen LogP contribution >= 0.6 is 0 Å². The lowest BCUT2D eigenvalue weighted by atomic mass is 10.1. The predicted octanol–water partition coefficient (Wildman–Crippen LogP) is 4.81. The number of rotatable bonds is 11. The van der Waals surface area contributed by atoms with Crippen molar-refractivity contribution in [2.45, 2.75) is 70.2 Å². The molecule has 1 aromatic rings. The number of hydrogen-bond acceptors (Lipinski definition) is 5. The summed E-state index contributed by atoms with van der Waals surface area (Å²) < 4.78 is 63.8. The third-order valence-electron chi connectivity index (χ3n) is 4.64. The van der Waals surface area contributed by atoms with Gasteiger partial charge in [-0.25, -0.2) is 0 Å². The Morgan fingerprint density at radius 1 is 1.07 bits per heavy atom. The van der Waals surface area contributed by atoms with Gasteiger partial charge in [-0.3, -0.25) is 0 Å². The maximum Gasteiger partial charge on any atom is 0.534 e. The second kappa shape index (κ2) is 9.61. The molecule has 0 bridgehead atoms. The van der Waals surface area contributed by atoms with Crippen LogP contribution in [0.3, 0.4) is 0 Å². The second-order valence-corrected chi connectivity index (χ2v) is 8.37. The average molecular weight is 408 g/mol. The van der Waals surface area contributed by atoms with Crippen molar-refractivity contribution in [2.24, 2.45) is 0 Å². The van der Waals surface area contributed by atoms with Gasteiger partial charge >= 0.3 is 15.6 Å². The summed E-state index contributed by atoms with van der Waals surface area (Å²) in [5.74, 6) is -0.0262. The number of aromatic nitrogens is 1. The molecule has 0 radical (unpaired) electrons. The molecule has 0 fully saturated rings. The Balaban J connectivity index is 1.85. The van der Waals surface area contributed by atoms with Crippen LogP contribution in [0, 0.1) is 0 Å². The van der Waals surface area contributed by atoms with E-state index >= 15 is 0 Å². The number of fused-ring (bicyclic) bond motifs is 1. The highest BCUT2D eigenvalue weighted by Crippen LogP contribution is 2.31. The van der Waals surface area contributed by atoms with Crippen LogP contribution in [0.5, 0.6) is 5.88 Å². The van der Waals surface area contributed by atoms with Crippen LogP contribution in [0.4, 0.5) is 19.0 Å². The molecule has 154 valence electrons. The topological polar surface area (TPSA) is 59.5 Å². The summed E-state index contributed by atoms with van der Waals surface area (Å²) >= 11 is 0. The summed E-state index contributed by atoms with van der Waals surface area (Å²) in [7, 11) is -5.70. The van der Waals surface area contributed by atoms with E-state index in [0.29, 0.717) is 5.82 Å². The van der Waals surface area contributed by atoms with Gasteiger partial charge in [0.2, 0.25) is 5.88 Å². The molecule has 0 atom stereocenters. The van der Waals surface area contributed by atoms with Gasteiger partial charge in [-0.2, -0.15) is 26.6 Å². The van der Waals surface area contributed by atoms with Gasteiger partial charge in [0, 0.05) is 19.2 Å². The Bertz CT molecular complexity index is 708. The van der Waals surface area contributed by atoms with E-state index in [4.69, 9.17) is 0 Å². The van der Waals surface area contributed by atoms with E-state index in [2.05, 4.69) is 16.1 Å². The van der Waals surface area contributed by atoms with Crippen LogP contribution in [0.25, 0.3) is 0 Å². The minimum Gasteiger partial charge on any atom is -0.356 e. The Kier molecular flexibility index (Phi) is 7.76. The molecule has 0 saturated carbocycles. The van der Waals surface area contributed by atoms with Crippen molar-refractivity contribution < 1.29 is 25.8 Å². The van der Waals surface area contributed by atoms with Crippen LogP contribution in [0.15, 0.2) is 12.1 Å². The van der Waals surface area contributed by atoms with E-state index in [1.165, 1.54) is 44.6 Å². The first-order chi connectivity index (χ1) is 12.7. The summed E-state index contributed by atoms with van der Waals surface area (Å²) in [5.41, 5.74) is -4.57. The van der Waals surface area contributed by atoms with E-state index in [1.807, 2.05) is 4.90 Å². The lowest BCUT2D eigenvalue weighted by molar-refractivity contribution is -0.0501. The van der Waals surface area contributed by atoms with Crippen molar-refractivity contribution in [1.29, 1.82) is 0 Å². The second-order valence-electron chi connectivity index (χ2n) is 6.83. The number of nitrogens with zero attached hydrogens (tertiary/aromatic N) is 2. The van der Waals surface area contributed by atoms with Crippen LogP contribution < -0.4 is 9.08 Å². The molecular weight excluding hydrogens is 381 g/mol. The molecule has 0 spiro atoms. The first-order valence-electron chi connectivity index (χ1n) is 9.50. The van der Waals surface area contributed by atoms with E-state index < -0.39 is 21.5 Å². The largest absolute Gasteiger partial charge is 0.534 e. The molecule has 27 heavy (non-hydrogen) atoms. The van der Waals surface area contributed by atoms with Crippen molar-refractivity contribution in [3.63, 3.8) is 0 Å². The summed E-state index contributed by atoms with van der Waals surface area (Å²) in [5, 5.41) is 0. The molecule has 1 aliphatic heterocycles. The number of unbranched alkanes of at least 4 members (excludes halogenated alkanes) is 7. The van der Waals surface area contributed by atoms with Gasteiger partial charge in [-0.15, -0.1) is 0 Å². The first-order valence-corrected chi connectivity index (χ1v) is 10.9. The number of halogens is 3. The normalized spacial score (nSPS) is 14.4. The molecule has 0 aromatic carbocycles. The molecule has 2 heterocycles. The van der Waals surface area contributed by atoms with Crippen molar-refractivity contribution in [2.75, 3.05) is 18.0 Å². The zero-order chi connectivity index (χ0) is 19.9. The summed E-state index contributed by atoms with van der Waals surface area (Å²) in [6.07, 6.45) is 10.3. The van der Waals surface area contributed by atoms with Crippen LogP contribution in [0.1, 0.15) is 63.9 Å². The maximum absolute atomic E-state index is 12.5. The van der Waals surface area contributed by atoms with Gasteiger partial charge in [-0.1, -0.05) is 51.9 Å². The van der Waals surface area contributed by atoms with E-state index in [1.54, 1.807) is 6.07 Å². The summed E-state index contributed by atoms with van der Waals surface area (Å²) in [6, 6.07) is 2.75. The fraction of sp³-hybridized carbons (Fsp3) is 0.722. The molecule has 0 saturated heterocycles. The molecule has 0 N–H and O–H groups in total. The average Bonchev–Trinajstić information content (AvgIpc) is 2.98. The monoisotopic (exact) mass is 408 g/mol. The molecule has 2 rings (SSSR count). The van der Waals surface area contributed by atoms with Gasteiger partial charge in [0.05, 0.1) is 0 Å². The third kappa shape index (κ3) is 6.26. The van der Waals surface area contributed by atoms with Crippen molar-refractivity contribution in [3.05, 3.63) is 17.7 Å². The molecule has 9 heteroatoms. The molecule has 0 aliphatic carbocycles. The Labute approximate surface area is 159 Å². The van der Waals surface area contributed by atoms with E-state index in [0.717, 1.165) is 37.9 Å². The van der Waals surface area contributed by atoms with Crippen molar-refractivity contribution in [3.8, 4) is 5.88 Å². The lowest BCUT2D eigenvalue weighted by Gasteiger charge is -2.18. The molecule has 0 unspecified atom stereocenters. The lowest BCUT2D eigenvalue weighted by Crippen LogP contribution is -2.28. The minimum atomic E-state index is -5.70. The van der Waals surface area contributed by atoms with Gasteiger partial charge in [0.15, 0.2) is 0 Å². The maximum atomic E-state index is 12.5. The van der Waals surface area contributed by atoms with Crippen LogP contribution in [-0.2, 0) is 16.5 Å². The first kappa shape index (κ1) is 21.8. The standard InChI is InChI=1S/C18H27F3N2O3S/c1-2-3-4-5-6-7-8-9-13-23-14-12-15-10-11-16(22-17(15)23)26-27(24,25)18(19,20)21/h10-11H,2-9,12-14H2,1H3. The third-order valence-corrected chi connectivity index (χ3v) is 5.60. The van der Waals surface area contributed by atoms with E-state index in [-0.39, 0.29) is 0 Å². The highest BCUT2D eigenvalue weighted by atomic mass is 32.2. The van der Waals surface area contributed by atoms with Gasteiger partial charge < -0.3 is 9.08 Å². The van der Waals surface area contributed by atoms with Crippen molar-refractivity contribution >= 4 is 15.9 Å². The smallest absolute Gasteiger partial charge is 0.356 e. The molecular formula is C18H27F3N2O3S. The fourth-order valence-electron chi connectivity index (χ4n) is 3.15. The number of hydrogen-bond donors (Lipinski definition) is 0. The number of anilines is 1. The highest BCUT2D eigenvalue weighted by molar-refractivity contribution is 7.87. The minimum absolute atomic E-state index is 0.521. The summed E-state index contributed by atoms with van der Waals surface area (Å²) in [4.78, 5) is 5.99. The number of alkyl halides is 3. The predicted molar refractivity (Wildman–Crippen MR) is 98.4 cm³/mol. The molecule has 0 amide bonds. The van der Waals surface area contributed by atoms with Crippen molar-refractivity contribution in [1.82, 2.24) is 4.98 Å². The van der Waals surface area contributed by atoms with Gasteiger partial charge in [0.25, 0.3) is 0 Å². The Morgan fingerprint density at radius 2 is 1.70 bits per heavy atom. The fourth-order valence-corrected chi connectivity index (χ4v) is 3.56. The van der Waals surface area contributed by atoms with Gasteiger partial charge in [0.1, 0.15) is 5.82 Å². The van der Waals surface area contributed by atoms with Gasteiger partial charge in [-0.05, 0) is 24.5 Å². The molecule has 5 nitrogen and oxygen atoms in total. The summed E-state index contributed by atoms with van der Waals surface area (Å²) in [6.45, 7) is 3.68. The quantitative estimate of drug-likeness (QED) is 0.299. The van der Waals surface area contributed by atoms with Crippen LogP contribution in [-0.4, -0.2) is 32.0 Å². The number of pyridine rings is 1. The molecule has 1 aliphatic rings. The van der Waals surface area contributed by atoms with Crippen LogP contribution in [0.2, 0.25) is 0 Å². The zero-order valence-corrected chi connectivity index (χ0v) is 16.4.